The molecule has 1 aliphatic heterocycles. The van der Waals surface area contributed by atoms with Gasteiger partial charge < -0.3 is 55.1 Å². The molecule has 6 N–H and O–H groups in total. The second-order valence-corrected chi connectivity index (χ2v) is 19.0. The van der Waals surface area contributed by atoms with E-state index in [0.29, 0.717) is 13.0 Å². The van der Waals surface area contributed by atoms with Crippen molar-refractivity contribution in [1.82, 2.24) is 25.3 Å². The van der Waals surface area contributed by atoms with E-state index in [-0.39, 0.29) is 66.4 Å². The van der Waals surface area contributed by atoms with Crippen LogP contribution in [0, 0.1) is 36.2 Å². The highest BCUT2D eigenvalue weighted by molar-refractivity contribution is 8.13. The zero-order valence-corrected chi connectivity index (χ0v) is 46.3. The van der Waals surface area contributed by atoms with Crippen LogP contribution in [0.25, 0.3) is 0 Å². The zero-order chi connectivity index (χ0) is 54.4. The molecule has 1 heterocycles. The summed E-state index contributed by atoms with van der Waals surface area (Å²) in [6, 6.07) is -2.07. The fraction of sp³-hybridized carbons (Fsp3) is 0.750. The van der Waals surface area contributed by atoms with Gasteiger partial charge in [-0.1, -0.05) is 113 Å². The SMILES string of the molecule is C#COCC(O)C(O)C(O)C(O)CN(C)C(C(=O)NC(C(=O)N(C)C(C(C)CC)C(CC)OC)C(C)C)C(C)C.C=C/C=C(\C=C)CC(NC(=O)C(C)C(OC)C1CCCN1C=O)C(=NC)SC.CC. The number of aliphatic imine (C=N–C) groups is 1. The van der Waals surface area contributed by atoms with Gasteiger partial charge in [0.2, 0.25) is 24.1 Å². The lowest BCUT2D eigenvalue weighted by molar-refractivity contribution is -0.144. The number of nitrogens with one attached hydrogen (secondary N) is 2. The monoisotopic (exact) mass is 1010 g/mol. The molecule has 0 aromatic heterocycles. The second-order valence-electron chi connectivity index (χ2n) is 18.2. The smallest absolute Gasteiger partial charge is 0.245 e. The van der Waals surface area contributed by atoms with Crippen molar-refractivity contribution in [2.75, 3.05) is 61.3 Å². The van der Waals surface area contributed by atoms with Gasteiger partial charge in [0.1, 0.15) is 37.1 Å². The number of hydrogen-bond acceptors (Lipinski definition) is 14. The molecule has 1 rings (SSSR count). The number of thioether (sulfide) groups is 1. The van der Waals surface area contributed by atoms with Crippen molar-refractivity contribution >= 4 is 40.9 Å². The number of ether oxygens (including phenoxy) is 3. The molecule has 17 nitrogen and oxygen atoms in total. The van der Waals surface area contributed by atoms with Crippen LogP contribution in [0.1, 0.15) is 101 Å². The van der Waals surface area contributed by atoms with Gasteiger partial charge in [0.05, 0.1) is 53.4 Å². The summed E-state index contributed by atoms with van der Waals surface area (Å²) in [5, 5.41) is 47.9. The van der Waals surface area contributed by atoms with Crippen molar-refractivity contribution in [1.29, 1.82) is 0 Å². The van der Waals surface area contributed by atoms with Crippen molar-refractivity contribution < 1.29 is 53.8 Å². The summed E-state index contributed by atoms with van der Waals surface area (Å²) < 4.78 is 16.0. The van der Waals surface area contributed by atoms with Crippen LogP contribution in [-0.4, -0.2) is 192 Å². The molecule has 404 valence electrons. The number of carbonyl (C=O) groups excluding carboxylic acids is 4. The predicted molar refractivity (Wildman–Crippen MR) is 283 cm³/mol. The van der Waals surface area contributed by atoms with Crippen molar-refractivity contribution in [3.05, 3.63) is 37.0 Å². The van der Waals surface area contributed by atoms with Gasteiger partial charge in [-0.15, -0.1) is 11.8 Å². The zero-order valence-electron chi connectivity index (χ0n) is 45.5. The van der Waals surface area contributed by atoms with Gasteiger partial charge in [-0.05, 0) is 62.3 Å². The summed E-state index contributed by atoms with van der Waals surface area (Å²) in [4.78, 5) is 61.0. The van der Waals surface area contributed by atoms with Gasteiger partial charge in [-0.2, -0.15) is 0 Å². The minimum Gasteiger partial charge on any atom is -0.444 e. The molecule has 0 saturated carbocycles. The molecule has 0 bridgehead atoms. The molecule has 1 aliphatic rings. The first-order chi connectivity index (χ1) is 33.1. The molecular formula is C52H94N6O11S. The molecule has 0 radical (unpaired) electrons. The summed E-state index contributed by atoms with van der Waals surface area (Å²) in [7, 11) is 8.31. The van der Waals surface area contributed by atoms with E-state index in [9.17, 15) is 39.6 Å². The van der Waals surface area contributed by atoms with Gasteiger partial charge in [-0.25, -0.2) is 0 Å². The third kappa shape index (κ3) is 21.5. The van der Waals surface area contributed by atoms with E-state index < -0.39 is 54.9 Å². The summed E-state index contributed by atoms with van der Waals surface area (Å²) >= 11 is 1.51. The molecule has 1 fully saturated rings. The van der Waals surface area contributed by atoms with Crippen LogP contribution >= 0.6 is 11.8 Å². The van der Waals surface area contributed by atoms with Gasteiger partial charge in [0.15, 0.2) is 0 Å². The maximum atomic E-state index is 13.8. The first-order valence-electron chi connectivity index (χ1n) is 24.7. The fourth-order valence-corrected chi connectivity index (χ4v) is 9.37. The number of likely N-dealkylation sites (N-methyl/N-ethyl adjacent to an activating group) is 2. The minimum absolute atomic E-state index is 0.0778. The second kappa shape index (κ2) is 37.0. The topological polar surface area (TPSA) is 223 Å². The van der Waals surface area contributed by atoms with Crippen LogP contribution in [0.4, 0.5) is 0 Å². The van der Waals surface area contributed by atoms with Crippen LogP contribution in [0.2, 0.25) is 0 Å². The number of aliphatic hydroxyl groups is 4. The Morgan fingerprint density at radius 1 is 0.943 bits per heavy atom. The van der Waals surface area contributed by atoms with E-state index >= 15 is 0 Å². The third-order valence-electron chi connectivity index (χ3n) is 12.8. The van der Waals surface area contributed by atoms with E-state index in [1.165, 1.54) is 11.8 Å². The maximum absolute atomic E-state index is 13.8. The third-order valence-corrected chi connectivity index (χ3v) is 13.7. The maximum Gasteiger partial charge on any atom is 0.245 e. The number of nitrogens with zero attached hydrogens (tertiary/aromatic N) is 4. The van der Waals surface area contributed by atoms with Crippen LogP contribution in [-0.2, 0) is 33.4 Å². The summed E-state index contributed by atoms with van der Waals surface area (Å²) in [6.45, 7) is 27.1. The van der Waals surface area contributed by atoms with E-state index in [2.05, 4.69) is 47.4 Å². The number of methoxy groups -OCH3 is 2. The Balaban J connectivity index is 0. The lowest BCUT2D eigenvalue weighted by Gasteiger charge is -2.40. The number of likely N-dealkylation sites (tertiary alicyclic amines) is 1. The molecule has 13 unspecified atom stereocenters. The van der Waals surface area contributed by atoms with Crippen molar-refractivity contribution in [3.63, 3.8) is 0 Å². The number of allylic oxidation sites excluding steroid dienone is 3. The number of hydrogen-bond donors (Lipinski definition) is 6. The van der Waals surface area contributed by atoms with Crippen molar-refractivity contribution in [2.24, 2.45) is 28.7 Å². The lowest BCUT2D eigenvalue weighted by Crippen LogP contribution is -2.60. The standard InChI is InChI=1S/C29H55N3O8.C21H33N3O3S.C2H6/c1-12-19(8)25(22(13-2)39-11)32(10)29(38)23(17(4)5)30-28(37)24(18(6)7)31(9)15-20(33)26(35)27(36)21(34)16-40-14-3;1-7-10-16(8-2)13-17(21(22-4)28-6)23-20(26)15(3)19(27-5)18-11-9-12-24(18)14-25;1-2/h3,17-27,33-36H,12-13,15-16H2,1-2,4-11H3,(H,30,37);7-8,10,14-15,17-19H,1-2,9,11-13H2,3-6H3,(H,23,26);1-2H3/b;16-10+,22-21?;. The Morgan fingerprint density at radius 3 is 1.99 bits per heavy atom. The molecule has 0 aliphatic carbocycles. The van der Waals surface area contributed by atoms with Crippen molar-refractivity contribution in [3.8, 4) is 12.5 Å². The average molecular weight is 1010 g/mol. The Kier molecular flexibility index (Phi) is 36.1. The molecule has 0 spiro atoms. The largest absolute Gasteiger partial charge is 0.444 e. The van der Waals surface area contributed by atoms with E-state index in [0.717, 1.165) is 42.7 Å². The summed E-state index contributed by atoms with van der Waals surface area (Å²) in [6.07, 6.45) is 11.9. The quantitative estimate of drug-likeness (QED) is 0.0195. The van der Waals surface area contributed by atoms with Gasteiger partial charge in [-0.3, -0.25) is 29.1 Å². The van der Waals surface area contributed by atoms with Gasteiger partial charge >= 0.3 is 0 Å². The molecule has 18 heteroatoms. The molecule has 1 saturated heterocycles. The summed E-state index contributed by atoms with van der Waals surface area (Å²) in [5.41, 5.74) is 0.967. The van der Waals surface area contributed by atoms with Crippen LogP contribution < -0.4 is 10.6 Å². The molecular weight excluding hydrogens is 917 g/mol. The fourth-order valence-electron chi connectivity index (χ4n) is 8.76. The highest BCUT2D eigenvalue weighted by atomic mass is 32.2. The number of rotatable bonds is 30. The normalized spacial score (nSPS) is 19.2. The molecule has 13 atom stereocenters. The van der Waals surface area contributed by atoms with Crippen LogP contribution in [0.5, 0.6) is 0 Å². The Morgan fingerprint density at radius 2 is 1.54 bits per heavy atom. The van der Waals surface area contributed by atoms with E-state index in [1.807, 2.05) is 73.8 Å². The molecule has 0 aromatic rings. The molecule has 0 aromatic carbocycles. The number of carbonyl (C=O) groups is 4. The first-order valence-corrected chi connectivity index (χ1v) is 25.9. The molecule has 4 amide bonds. The highest BCUT2D eigenvalue weighted by Crippen LogP contribution is 2.27. The van der Waals surface area contributed by atoms with Crippen LogP contribution in [0.15, 0.2) is 42.0 Å². The van der Waals surface area contributed by atoms with Gasteiger partial charge in [0, 0.05) is 41.4 Å². The Labute approximate surface area is 426 Å². The first kappa shape index (κ1) is 68.3. The predicted octanol–water partition coefficient (Wildman–Crippen LogP) is 4.28. The number of aliphatic hydroxyl groups excluding tert-OH is 4. The number of amides is 4. The van der Waals surface area contributed by atoms with E-state index in [4.69, 9.17) is 15.9 Å². The van der Waals surface area contributed by atoms with Crippen LogP contribution in [0.3, 0.4) is 0 Å². The lowest BCUT2D eigenvalue weighted by atomic mass is 9.90. The van der Waals surface area contributed by atoms with Crippen molar-refractivity contribution in [2.45, 2.75) is 168 Å². The Hall–Kier alpha value is -3.80. The molecule has 70 heavy (non-hydrogen) atoms. The number of terminal acetylenes is 1. The van der Waals surface area contributed by atoms with Gasteiger partial charge in [0.25, 0.3) is 0 Å². The van der Waals surface area contributed by atoms with E-state index in [1.54, 1.807) is 62.2 Å². The average Bonchev–Trinajstić information content (AvgIpc) is 3.82. The minimum atomic E-state index is -1.72. The summed E-state index contributed by atoms with van der Waals surface area (Å²) in [5.74, 6) is -1.39. The Bertz CT molecular complexity index is 1640. The highest BCUT2D eigenvalue weighted by Gasteiger charge is 2.40.